The molecule has 0 spiro atoms. The van der Waals surface area contributed by atoms with Crippen LogP contribution in [0.3, 0.4) is 0 Å². The first-order chi connectivity index (χ1) is 36.7. The van der Waals surface area contributed by atoms with Crippen molar-refractivity contribution >= 4 is 43.6 Å². The van der Waals surface area contributed by atoms with Crippen LogP contribution in [0.2, 0.25) is 0 Å². The fraction of sp³-hybridized carbons (Fsp3) is 0. The third-order valence-corrected chi connectivity index (χ3v) is 14.4. The van der Waals surface area contributed by atoms with Crippen molar-refractivity contribution in [3.63, 3.8) is 0 Å². The van der Waals surface area contributed by atoms with Gasteiger partial charge in [-0.3, -0.25) is 4.57 Å². The summed E-state index contributed by atoms with van der Waals surface area (Å²) in [5.74, 6) is 1.74. The highest BCUT2D eigenvalue weighted by atomic mass is 15.2. The Balaban J connectivity index is 1.04. The van der Waals surface area contributed by atoms with Crippen LogP contribution in [0.25, 0.3) is 134 Å². The molecule has 0 saturated carbocycles. The zero-order valence-electron chi connectivity index (χ0n) is 40.2. The second-order valence-electron chi connectivity index (χ2n) is 18.8. The van der Waals surface area contributed by atoms with Gasteiger partial charge in [0.2, 0.25) is 5.95 Å². The largest absolute Gasteiger partial charge is 0.307 e. The topological polar surface area (TPSA) is 48.5 Å². The van der Waals surface area contributed by atoms with Gasteiger partial charge in [0.05, 0.1) is 22.1 Å². The second-order valence-corrected chi connectivity index (χ2v) is 18.8. The lowest BCUT2D eigenvalue weighted by Gasteiger charge is -2.16. The van der Waals surface area contributed by atoms with Crippen molar-refractivity contribution in [2.45, 2.75) is 0 Å². The van der Waals surface area contributed by atoms with Crippen LogP contribution in [0.15, 0.2) is 273 Å². The van der Waals surface area contributed by atoms with Crippen LogP contribution in [0, 0.1) is 0 Å². The molecule has 0 fully saturated rings. The predicted octanol–water partition coefficient (Wildman–Crippen LogP) is 17.7. The van der Waals surface area contributed by atoms with E-state index in [1.165, 1.54) is 22.3 Å². The third-order valence-electron chi connectivity index (χ3n) is 14.4. The van der Waals surface area contributed by atoms with Crippen molar-refractivity contribution in [2.75, 3.05) is 0 Å². The molecule has 0 amide bonds. The molecule has 0 aliphatic carbocycles. The summed E-state index contributed by atoms with van der Waals surface area (Å²) in [5, 5.41) is 4.51. The molecule has 14 aromatic rings. The molecule has 5 heteroatoms. The van der Waals surface area contributed by atoms with Gasteiger partial charge < -0.3 is 4.57 Å². The SMILES string of the molecule is c1ccc(-c2ccc(-c3cc(-c4cccc(-c5ccccc5)c4)cc(-n4c5ccccc5c5ccc6c7ccccc7n(-c7nc(-c8ccccc8)nc(-c8ccc(-c9ccccc9)cc8)n7)c6c54)c3)cc2)cc1. The summed E-state index contributed by atoms with van der Waals surface area (Å²) in [6.07, 6.45) is 0. The fourth-order valence-corrected chi connectivity index (χ4v) is 10.8. The minimum Gasteiger partial charge on any atom is -0.307 e. The first-order valence-corrected chi connectivity index (χ1v) is 25.1. The number of hydrogen-bond donors (Lipinski definition) is 0. The minimum atomic E-state index is 0.544. The van der Waals surface area contributed by atoms with Gasteiger partial charge in [-0.15, -0.1) is 0 Å². The maximum absolute atomic E-state index is 5.44. The van der Waals surface area contributed by atoms with Gasteiger partial charge in [0.25, 0.3) is 0 Å². The number of fused-ring (bicyclic) bond motifs is 7. The van der Waals surface area contributed by atoms with Gasteiger partial charge in [-0.1, -0.05) is 237 Å². The molecule has 346 valence electrons. The summed E-state index contributed by atoms with van der Waals surface area (Å²) in [7, 11) is 0. The number of rotatable bonds is 9. The van der Waals surface area contributed by atoms with Crippen LogP contribution < -0.4 is 0 Å². The van der Waals surface area contributed by atoms with Crippen LogP contribution in [-0.4, -0.2) is 24.1 Å². The minimum absolute atomic E-state index is 0.544. The Bertz CT molecular complexity index is 4370. The van der Waals surface area contributed by atoms with Crippen LogP contribution in [0.1, 0.15) is 0 Å². The van der Waals surface area contributed by atoms with E-state index in [0.29, 0.717) is 17.6 Å². The van der Waals surface area contributed by atoms with Gasteiger partial charge in [0.1, 0.15) is 0 Å². The summed E-state index contributed by atoms with van der Waals surface area (Å²) in [6.45, 7) is 0. The van der Waals surface area contributed by atoms with Crippen molar-refractivity contribution in [3.05, 3.63) is 273 Å². The van der Waals surface area contributed by atoms with E-state index in [1.54, 1.807) is 0 Å². The number of aromatic nitrogens is 5. The fourth-order valence-electron chi connectivity index (χ4n) is 10.8. The Kier molecular flexibility index (Phi) is 10.4. The molecule has 0 N–H and O–H groups in total. The van der Waals surface area contributed by atoms with E-state index in [2.05, 4.69) is 258 Å². The average molecular weight is 944 g/mol. The Morgan fingerprint density at radius 3 is 1.08 bits per heavy atom. The molecule has 0 saturated heterocycles. The lowest BCUT2D eigenvalue weighted by Crippen LogP contribution is -2.07. The smallest absolute Gasteiger partial charge is 0.238 e. The van der Waals surface area contributed by atoms with Gasteiger partial charge in [-0.05, 0) is 92.0 Å². The maximum atomic E-state index is 5.44. The molecule has 14 rings (SSSR count). The number of hydrogen-bond acceptors (Lipinski definition) is 3. The summed E-state index contributed by atoms with van der Waals surface area (Å²) >= 11 is 0. The normalized spacial score (nSPS) is 11.5. The van der Waals surface area contributed by atoms with Crippen molar-refractivity contribution in [1.29, 1.82) is 0 Å². The quantitative estimate of drug-likeness (QED) is 0.145. The third kappa shape index (κ3) is 7.54. The predicted molar refractivity (Wildman–Crippen MR) is 307 cm³/mol. The number of nitrogens with zero attached hydrogens (tertiary/aromatic N) is 5. The van der Waals surface area contributed by atoms with Gasteiger partial charge in [-0.25, -0.2) is 4.98 Å². The Labute approximate surface area is 428 Å². The molecule has 0 atom stereocenters. The van der Waals surface area contributed by atoms with Gasteiger partial charge in [0, 0.05) is 38.4 Å². The molecule has 0 unspecified atom stereocenters. The highest BCUT2D eigenvalue weighted by molar-refractivity contribution is 6.23. The van der Waals surface area contributed by atoms with E-state index >= 15 is 0 Å². The van der Waals surface area contributed by atoms with Crippen molar-refractivity contribution < 1.29 is 0 Å². The standard InChI is InChI=1S/C69H45N5/c1-5-18-46(19-6-1)49-32-34-51(35-33-49)56-43-57(55-27-17-26-54(42-55)48-22-9-3-10-23-48)45-58(44-56)73-63-30-15-13-28-59(63)61-40-41-62-60-29-14-16-31-64(60)74(66(62)65(61)73)69-71-67(52-24-11-4-12-25-52)70-68(72-69)53-38-36-50(37-39-53)47-20-7-2-8-21-47/h1-45H. The molecule has 0 aliphatic rings. The lowest BCUT2D eigenvalue weighted by atomic mass is 9.94. The summed E-state index contributed by atoms with van der Waals surface area (Å²) in [6, 6.07) is 97.4. The first kappa shape index (κ1) is 42.9. The summed E-state index contributed by atoms with van der Waals surface area (Å²) < 4.78 is 4.74. The van der Waals surface area contributed by atoms with Crippen LogP contribution in [-0.2, 0) is 0 Å². The molecule has 11 aromatic carbocycles. The average Bonchev–Trinajstić information content (AvgIpc) is 4.03. The van der Waals surface area contributed by atoms with Crippen molar-refractivity contribution in [3.8, 4) is 90.0 Å². The first-order valence-electron chi connectivity index (χ1n) is 25.1. The zero-order valence-corrected chi connectivity index (χ0v) is 40.2. The monoisotopic (exact) mass is 943 g/mol. The Morgan fingerprint density at radius 2 is 0.554 bits per heavy atom. The summed E-state index contributed by atoms with van der Waals surface area (Å²) in [5.41, 5.74) is 18.6. The molecular formula is C69H45N5. The Morgan fingerprint density at radius 1 is 0.216 bits per heavy atom. The van der Waals surface area contributed by atoms with Crippen LogP contribution in [0.4, 0.5) is 0 Å². The summed E-state index contributed by atoms with van der Waals surface area (Å²) in [4.78, 5) is 16.0. The molecule has 74 heavy (non-hydrogen) atoms. The van der Waals surface area contributed by atoms with E-state index in [1.807, 2.05) is 24.3 Å². The lowest BCUT2D eigenvalue weighted by molar-refractivity contribution is 0.953. The van der Waals surface area contributed by atoms with Gasteiger partial charge >= 0.3 is 0 Å². The van der Waals surface area contributed by atoms with E-state index < -0.39 is 0 Å². The van der Waals surface area contributed by atoms with Gasteiger partial charge in [0.15, 0.2) is 11.6 Å². The van der Waals surface area contributed by atoms with Crippen LogP contribution >= 0.6 is 0 Å². The maximum Gasteiger partial charge on any atom is 0.238 e. The molecule has 3 heterocycles. The van der Waals surface area contributed by atoms with E-state index in [-0.39, 0.29) is 0 Å². The van der Waals surface area contributed by atoms with Gasteiger partial charge in [-0.2, -0.15) is 9.97 Å². The Hall–Kier alpha value is -9.97. The van der Waals surface area contributed by atoms with E-state index in [9.17, 15) is 0 Å². The number of benzene rings is 11. The molecule has 0 aliphatic heterocycles. The molecule has 0 bridgehead atoms. The van der Waals surface area contributed by atoms with Crippen molar-refractivity contribution in [1.82, 2.24) is 24.1 Å². The molecule has 3 aromatic heterocycles. The molecule has 0 radical (unpaired) electrons. The van der Waals surface area contributed by atoms with Crippen LogP contribution in [0.5, 0.6) is 0 Å². The molecular weight excluding hydrogens is 899 g/mol. The molecule has 5 nitrogen and oxygen atoms in total. The highest BCUT2D eigenvalue weighted by Crippen LogP contribution is 2.43. The van der Waals surface area contributed by atoms with E-state index in [0.717, 1.165) is 93.8 Å². The van der Waals surface area contributed by atoms with E-state index in [4.69, 9.17) is 15.0 Å². The number of para-hydroxylation sites is 2. The zero-order chi connectivity index (χ0) is 49.0. The van der Waals surface area contributed by atoms with Crippen molar-refractivity contribution in [2.24, 2.45) is 0 Å². The second kappa shape index (κ2) is 18.0. The highest BCUT2D eigenvalue weighted by Gasteiger charge is 2.24.